The average Bonchev–Trinajstić information content (AvgIpc) is 2.89. The highest BCUT2D eigenvalue weighted by atomic mass is 35.5. The van der Waals surface area contributed by atoms with Crippen LogP contribution in [0.5, 0.6) is 0 Å². The summed E-state index contributed by atoms with van der Waals surface area (Å²) in [7, 11) is 0. The number of carbonyl (C=O) groups excluding carboxylic acids is 1. The second-order valence-corrected chi connectivity index (χ2v) is 5.24. The number of thiophene rings is 1. The summed E-state index contributed by atoms with van der Waals surface area (Å²) >= 11 is 6.91. The van der Waals surface area contributed by atoms with Gasteiger partial charge in [0, 0.05) is 5.69 Å². The molecule has 0 unspecified atom stereocenters. The number of amides is 1. The van der Waals surface area contributed by atoms with Crippen LogP contribution in [0.25, 0.3) is 0 Å². The molecule has 102 valence electrons. The Kier molecular flexibility index (Phi) is 4.74. The van der Waals surface area contributed by atoms with Crippen LogP contribution in [0.1, 0.15) is 14.5 Å². The van der Waals surface area contributed by atoms with Gasteiger partial charge in [-0.25, -0.2) is 4.39 Å². The van der Waals surface area contributed by atoms with Crippen LogP contribution in [0.15, 0.2) is 30.3 Å². The van der Waals surface area contributed by atoms with Crippen LogP contribution in [0, 0.1) is 17.7 Å². The van der Waals surface area contributed by atoms with Crippen LogP contribution < -0.4 is 11.1 Å². The topological polar surface area (TPSA) is 55.1 Å². The molecule has 1 aromatic carbocycles. The molecular weight excluding hydrogens is 299 g/mol. The Morgan fingerprint density at radius 2 is 2.20 bits per heavy atom. The molecule has 0 aliphatic rings. The minimum atomic E-state index is -0.528. The van der Waals surface area contributed by atoms with Crippen molar-refractivity contribution in [2.45, 2.75) is 0 Å². The van der Waals surface area contributed by atoms with Crippen LogP contribution >= 0.6 is 22.9 Å². The second-order valence-electron chi connectivity index (χ2n) is 3.75. The van der Waals surface area contributed by atoms with Crippen molar-refractivity contribution < 1.29 is 9.18 Å². The normalized spacial score (nSPS) is 9.75. The van der Waals surface area contributed by atoms with E-state index in [9.17, 15) is 9.18 Å². The van der Waals surface area contributed by atoms with Crippen molar-refractivity contribution in [1.82, 2.24) is 0 Å². The Bertz CT molecular complexity index is 703. The first kappa shape index (κ1) is 14.5. The standard InChI is InChI=1S/C14H10ClFN2OS/c15-11-8-9(3-5-12(11)16)18-14(19)13-6-4-10(20-13)2-1-7-17/h3-6,8H,7,17H2,(H,18,19). The van der Waals surface area contributed by atoms with Crippen LogP contribution in [0.3, 0.4) is 0 Å². The molecule has 3 nitrogen and oxygen atoms in total. The van der Waals surface area contributed by atoms with E-state index in [4.69, 9.17) is 17.3 Å². The summed E-state index contributed by atoms with van der Waals surface area (Å²) in [4.78, 5) is 13.3. The summed E-state index contributed by atoms with van der Waals surface area (Å²) in [5, 5.41) is 2.60. The van der Waals surface area contributed by atoms with Crippen molar-refractivity contribution in [2.24, 2.45) is 5.73 Å². The van der Waals surface area contributed by atoms with E-state index < -0.39 is 5.82 Å². The lowest BCUT2D eigenvalue weighted by Gasteiger charge is -2.04. The molecule has 1 aromatic heterocycles. The molecule has 0 fully saturated rings. The lowest BCUT2D eigenvalue weighted by atomic mass is 10.3. The zero-order valence-electron chi connectivity index (χ0n) is 10.2. The van der Waals surface area contributed by atoms with E-state index in [0.29, 0.717) is 10.6 Å². The van der Waals surface area contributed by atoms with Gasteiger partial charge in [-0.1, -0.05) is 23.4 Å². The number of rotatable bonds is 2. The molecule has 20 heavy (non-hydrogen) atoms. The lowest BCUT2D eigenvalue weighted by Crippen LogP contribution is -2.10. The van der Waals surface area contributed by atoms with Crippen molar-refractivity contribution in [1.29, 1.82) is 0 Å². The molecule has 0 saturated carbocycles. The first-order chi connectivity index (χ1) is 9.60. The van der Waals surface area contributed by atoms with Gasteiger partial charge in [-0.15, -0.1) is 11.3 Å². The molecule has 6 heteroatoms. The summed E-state index contributed by atoms with van der Waals surface area (Å²) in [6.45, 7) is 0.271. The third-order valence-electron chi connectivity index (χ3n) is 2.32. The van der Waals surface area contributed by atoms with E-state index >= 15 is 0 Å². The van der Waals surface area contributed by atoms with E-state index in [2.05, 4.69) is 17.2 Å². The number of carbonyl (C=O) groups is 1. The molecule has 0 bridgehead atoms. The highest BCUT2D eigenvalue weighted by molar-refractivity contribution is 7.14. The van der Waals surface area contributed by atoms with E-state index in [0.717, 1.165) is 4.88 Å². The maximum atomic E-state index is 13.0. The molecule has 1 heterocycles. The van der Waals surface area contributed by atoms with Crippen LogP contribution in [0.4, 0.5) is 10.1 Å². The maximum Gasteiger partial charge on any atom is 0.265 e. The Labute approximate surface area is 124 Å². The lowest BCUT2D eigenvalue weighted by molar-refractivity contribution is 0.103. The number of hydrogen-bond donors (Lipinski definition) is 2. The average molecular weight is 309 g/mol. The van der Waals surface area contributed by atoms with E-state index in [1.54, 1.807) is 12.1 Å². The first-order valence-electron chi connectivity index (χ1n) is 5.65. The Morgan fingerprint density at radius 1 is 1.40 bits per heavy atom. The summed E-state index contributed by atoms with van der Waals surface area (Å²) in [6, 6.07) is 7.43. The molecule has 0 aliphatic heterocycles. The number of benzene rings is 1. The number of nitrogens with two attached hydrogens (primary N) is 1. The molecule has 2 rings (SSSR count). The van der Waals surface area contributed by atoms with Gasteiger partial charge in [0.15, 0.2) is 0 Å². The fourth-order valence-electron chi connectivity index (χ4n) is 1.43. The van der Waals surface area contributed by atoms with Gasteiger partial charge in [0.1, 0.15) is 5.82 Å². The molecule has 0 atom stereocenters. The summed E-state index contributed by atoms with van der Waals surface area (Å²) in [5.74, 6) is 4.75. The molecule has 0 aliphatic carbocycles. The van der Waals surface area contributed by atoms with Gasteiger partial charge < -0.3 is 11.1 Å². The molecule has 0 spiro atoms. The minimum Gasteiger partial charge on any atom is -0.321 e. The van der Waals surface area contributed by atoms with Gasteiger partial charge in [-0.3, -0.25) is 4.79 Å². The summed E-state index contributed by atoms with van der Waals surface area (Å²) < 4.78 is 13.0. The van der Waals surface area contributed by atoms with Gasteiger partial charge >= 0.3 is 0 Å². The van der Waals surface area contributed by atoms with E-state index in [1.807, 2.05) is 0 Å². The zero-order chi connectivity index (χ0) is 14.5. The first-order valence-corrected chi connectivity index (χ1v) is 6.85. The fourth-order valence-corrected chi connectivity index (χ4v) is 2.39. The smallest absolute Gasteiger partial charge is 0.265 e. The second kappa shape index (κ2) is 6.53. The molecular formula is C14H10ClFN2OS. The predicted molar refractivity (Wildman–Crippen MR) is 79.6 cm³/mol. The number of hydrogen-bond acceptors (Lipinski definition) is 3. The number of halogens is 2. The number of nitrogens with one attached hydrogen (secondary N) is 1. The van der Waals surface area contributed by atoms with Crippen molar-refractivity contribution in [3.63, 3.8) is 0 Å². The van der Waals surface area contributed by atoms with Crippen LogP contribution in [-0.4, -0.2) is 12.5 Å². The molecule has 2 aromatic rings. The summed E-state index contributed by atoms with van der Waals surface area (Å²) in [5.41, 5.74) is 5.71. The Balaban J connectivity index is 2.11. The Morgan fingerprint density at radius 3 is 2.90 bits per heavy atom. The monoisotopic (exact) mass is 308 g/mol. The van der Waals surface area contributed by atoms with Gasteiger partial charge in [0.2, 0.25) is 0 Å². The zero-order valence-corrected chi connectivity index (χ0v) is 11.8. The van der Waals surface area contributed by atoms with Crippen molar-refractivity contribution in [3.05, 3.63) is 50.9 Å². The van der Waals surface area contributed by atoms with Crippen LogP contribution in [-0.2, 0) is 0 Å². The highest BCUT2D eigenvalue weighted by Gasteiger charge is 2.10. The van der Waals surface area contributed by atoms with Gasteiger partial charge in [-0.05, 0) is 30.3 Å². The van der Waals surface area contributed by atoms with Gasteiger partial charge in [0.25, 0.3) is 5.91 Å². The molecule has 3 N–H and O–H groups in total. The van der Waals surface area contributed by atoms with Crippen molar-refractivity contribution >= 4 is 34.5 Å². The third kappa shape index (κ3) is 3.58. The molecule has 0 saturated heterocycles. The minimum absolute atomic E-state index is 0.0384. The Hall–Kier alpha value is -1.87. The maximum absolute atomic E-state index is 13.0. The quantitative estimate of drug-likeness (QED) is 0.838. The largest absolute Gasteiger partial charge is 0.321 e. The molecule has 1 amide bonds. The highest BCUT2D eigenvalue weighted by Crippen LogP contribution is 2.21. The predicted octanol–water partition coefficient (Wildman–Crippen LogP) is 3.10. The third-order valence-corrected chi connectivity index (χ3v) is 3.61. The molecule has 0 radical (unpaired) electrons. The van der Waals surface area contributed by atoms with E-state index in [-0.39, 0.29) is 17.5 Å². The van der Waals surface area contributed by atoms with Gasteiger partial charge in [-0.2, -0.15) is 0 Å². The van der Waals surface area contributed by atoms with Crippen molar-refractivity contribution in [3.8, 4) is 11.8 Å². The van der Waals surface area contributed by atoms with Crippen LogP contribution in [0.2, 0.25) is 5.02 Å². The summed E-state index contributed by atoms with van der Waals surface area (Å²) in [6.07, 6.45) is 0. The van der Waals surface area contributed by atoms with Gasteiger partial charge in [0.05, 0.1) is 21.3 Å². The fraction of sp³-hybridized carbons (Fsp3) is 0.0714. The van der Waals surface area contributed by atoms with Crippen molar-refractivity contribution in [2.75, 3.05) is 11.9 Å². The van der Waals surface area contributed by atoms with E-state index in [1.165, 1.54) is 29.5 Å². The SMILES string of the molecule is NCC#Cc1ccc(C(=O)Nc2ccc(F)c(Cl)c2)s1. The number of anilines is 1.